The summed E-state index contributed by atoms with van der Waals surface area (Å²) >= 11 is 1.74. The Bertz CT molecular complexity index is 1070. The molecule has 1 aromatic carbocycles. The monoisotopic (exact) mass is 380 g/mol. The molecule has 3 atom stereocenters. The van der Waals surface area contributed by atoms with Crippen molar-refractivity contribution in [2.24, 2.45) is 5.92 Å². The molecule has 0 amide bonds. The zero-order valence-electron chi connectivity index (χ0n) is 16.0. The predicted molar refractivity (Wildman–Crippen MR) is 110 cm³/mol. The van der Waals surface area contributed by atoms with Gasteiger partial charge in [0.1, 0.15) is 17.4 Å². The summed E-state index contributed by atoms with van der Waals surface area (Å²) in [5.74, 6) is 1.55. The summed E-state index contributed by atoms with van der Waals surface area (Å²) in [5, 5.41) is 0.858. The van der Waals surface area contributed by atoms with E-state index in [0.29, 0.717) is 5.92 Å². The maximum absolute atomic E-state index is 12.9. The first kappa shape index (κ1) is 17.1. The second-order valence-electron chi connectivity index (χ2n) is 8.31. The van der Waals surface area contributed by atoms with E-state index in [1.54, 1.807) is 11.3 Å². The number of aryl methyl sites for hydroxylation is 1. The number of hydrogen-bond donors (Lipinski definition) is 2. The minimum Gasteiger partial charge on any atom is -0.322 e. The second kappa shape index (κ2) is 6.57. The molecule has 3 aromatic rings. The van der Waals surface area contributed by atoms with E-state index >= 15 is 0 Å². The van der Waals surface area contributed by atoms with Gasteiger partial charge in [-0.2, -0.15) is 0 Å². The van der Waals surface area contributed by atoms with Gasteiger partial charge in [0.15, 0.2) is 5.82 Å². The third-order valence-electron chi connectivity index (χ3n) is 6.46. The van der Waals surface area contributed by atoms with Crippen LogP contribution >= 0.6 is 11.3 Å². The molecule has 5 heteroatoms. The van der Waals surface area contributed by atoms with Gasteiger partial charge in [0.05, 0.1) is 11.9 Å². The topological polar surface area (TPSA) is 50.2 Å². The number of thiophene rings is 1. The Morgan fingerprint density at radius 2 is 2.07 bits per heavy atom. The van der Waals surface area contributed by atoms with E-state index in [1.165, 1.54) is 32.9 Å². The minimum absolute atomic E-state index is 0.0608. The lowest BCUT2D eigenvalue weighted by Crippen LogP contribution is -3.11. The Labute approximate surface area is 163 Å². The van der Waals surface area contributed by atoms with Crippen molar-refractivity contribution in [3.05, 3.63) is 62.0 Å². The Hall–Kier alpha value is -1.98. The molecule has 1 aliphatic carbocycles. The van der Waals surface area contributed by atoms with E-state index in [0.717, 1.165) is 48.4 Å². The Balaban J connectivity index is 1.49. The number of aromatic nitrogens is 2. The summed E-state index contributed by atoms with van der Waals surface area (Å²) in [6, 6.07) is 8.90. The van der Waals surface area contributed by atoms with E-state index < -0.39 is 0 Å². The second-order valence-corrected chi connectivity index (χ2v) is 9.39. The first-order valence-electron chi connectivity index (χ1n) is 10.1. The van der Waals surface area contributed by atoms with Crippen molar-refractivity contribution in [2.45, 2.75) is 52.1 Å². The van der Waals surface area contributed by atoms with Crippen LogP contribution in [0.3, 0.4) is 0 Å². The van der Waals surface area contributed by atoms with Gasteiger partial charge in [-0.25, -0.2) is 4.98 Å². The summed E-state index contributed by atoms with van der Waals surface area (Å²) in [4.78, 5) is 24.8. The van der Waals surface area contributed by atoms with Crippen molar-refractivity contribution in [1.82, 2.24) is 9.97 Å². The third-order valence-corrected chi connectivity index (χ3v) is 7.61. The fourth-order valence-electron chi connectivity index (χ4n) is 4.74. The molecule has 1 unspecified atom stereocenters. The average Bonchev–Trinajstić information content (AvgIpc) is 3.04. The molecule has 2 aliphatic rings. The third kappa shape index (κ3) is 2.93. The van der Waals surface area contributed by atoms with Crippen LogP contribution in [-0.2, 0) is 25.8 Å². The lowest BCUT2D eigenvalue weighted by Gasteiger charge is -2.30. The molecule has 0 bridgehead atoms. The van der Waals surface area contributed by atoms with E-state index in [4.69, 9.17) is 4.98 Å². The Morgan fingerprint density at radius 1 is 1.26 bits per heavy atom. The summed E-state index contributed by atoms with van der Waals surface area (Å²) in [6.07, 6.45) is 4.38. The highest BCUT2D eigenvalue weighted by molar-refractivity contribution is 7.18. The molecule has 0 saturated heterocycles. The van der Waals surface area contributed by atoms with Gasteiger partial charge in [-0.1, -0.05) is 31.2 Å². The van der Waals surface area contributed by atoms with Crippen molar-refractivity contribution in [3.8, 4) is 0 Å². The van der Waals surface area contributed by atoms with Crippen LogP contribution in [0.15, 0.2) is 29.1 Å². The van der Waals surface area contributed by atoms with Crippen LogP contribution in [0.5, 0.6) is 0 Å². The number of nitrogens with zero attached hydrogens (tertiary/aromatic N) is 1. The smallest absolute Gasteiger partial charge is 0.260 e. The highest BCUT2D eigenvalue weighted by Gasteiger charge is 2.28. The van der Waals surface area contributed by atoms with Gasteiger partial charge in [-0.05, 0) is 43.2 Å². The molecule has 2 N–H and O–H groups in total. The number of benzene rings is 1. The molecule has 27 heavy (non-hydrogen) atoms. The normalized spacial score (nSPS) is 23.0. The first-order valence-corrected chi connectivity index (χ1v) is 10.9. The van der Waals surface area contributed by atoms with Gasteiger partial charge in [0.25, 0.3) is 5.56 Å². The molecule has 1 aliphatic heterocycles. The first-order chi connectivity index (χ1) is 13.1. The van der Waals surface area contributed by atoms with Crippen LogP contribution < -0.4 is 10.5 Å². The SMILES string of the molecule is C[C@@H]1CCc2c(sc3nc([C@@H](C)[NH+]4CCc5ccccc5C4)[nH]c(=O)c23)C1. The maximum Gasteiger partial charge on any atom is 0.260 e. The van der Waals surface area contributed by atoms with E-state index in [-0.39, 0.29) is 11.6 Å². The van der Waals surface area contributed by atoms with Gasteiger partial charge < -0.3 is 9.88 Å². The van der Waals surface area contributed by atoms with Crippen molar-refractivity contribution in [3.63, 3.8) is 0 Å². The zero-order valence-corrected chi connectivity index (χ0v) is 16.8. The quantitative estimate of drug-likeness (QED) is 0.718. The summed E-state index contributed by atoms with van der Waals surface area (Å²) in [6.45, 7) is 6.58. The molecular formula is C22H26N3OS+. The van der Waals surface area contributed by atoms with E-state index in [1.807, 2.05) is 0 Å². The summed E-state index contributed by atoms with van der Waals surface area (Å²) in [5.41, 5.74) is 4.21. The highest BCUT2D eigenvalue weighted by atomic mass is 32.1. The molecular weight excluding hydrogens is 354 g/mol. The fraction of sp³-hybridized carbons (Fsp3) is 0.455. The van der Waals surface area contributed by atoms with E-state index in [2.05, 4.69) is 43.1 Å². The molecule has 0 saturated carbocycles. The fourth-order valence-corrected chi connectivity index (χ4v) is 6.13. The van der Waals surface area contributed by atoms with Crippen LogP contribution in [0.25, 0.3) is 10.2 Å². The van der Waals surface area contributed by atoms with Gasteiger partial charge in [0.2, 0.25) is 0 Å². The highest BCUT2D eigenvalue weighted by Crippen LogP contribution is 2.35. The molecule has 3 heterocycles. The van der Waals surface area contributed by atoms with Crippen LogP contribution in [0.2, 0.25) is 0 Å². The van der Waals surface area contributed by atoms with Gasteiger partial charge in [-0.15, -0.1) is 11.3 Å². The number of fused-ring (bicyclic) bond motifs is 4. The number of aromatic amines is 1. The molecule has 5 rings (SSSR count). The van der Waals surface area contributed by atoms with Crippen LogP contribution in [0.1, 0.15) is 53.7 Å². The Morgan fingerprint density at radius 3 is 2.93 bits per heavy atom. The Kier molecular flexibility index (Phi) is 4.17. The van der Waals surface area contributed by atoms with Gasteiger partial charge >= 0.3 is 0 Å². The van der Waals surface area contributed by atoms with Gasteiger partial charge in [-0.3, -0.25) is 4.79 Å². The number of H-pyrrole nitrogens is 1. The molecule has 0 spiro atoms. The average molecular weight is 381 g/mol. The van der Waals surface area contributed by atoms with E-state index in [9.17, 15) is 4.79 Å². The molecule has 0 radical (unpaired) electrons. The predicted octanol–water partition coefficient (Wildman–Crippen LogP) is 2.81. The number of hydrogen-bond acceptors (Lipinski definition) is 3. The number of quaternary nitrogens is 1. The minimum atomic E-state index is 0.0608. The van der Waals surface area contributed by atoms with Crippen LogP contribution in [-0.4, -0.2) is 16.5 Å². The molecule has 4 nitrogen and oxygen atoms in total. The summed E-state index contributed by atoms with van der Waals surface area (Å²) in [7, 11) is 0. The standard InChI is InChI=1S/C22H25N3OS/c1-13-7-8-17-18(11-13)27-22-19(17)21(26)23-20(24-22)14(2)25-10-9-15-5-3-4-6-16(15)12-25/h3-6,13-14H,7-12H2,1-2H3,(H,23,24,26)/p+1/t13-,14-/m1/s1. The number of rotatable bonds is 2. The molecule has 140 valence electrons. The van der Waals surface area contributed by atoms with Crippen LogP contribution in [0.4, 0.5) is 0 Å². The van der Waals surface area contributed by atoms with Crippen molar-refractivity contribution < 1.29 is 4.90 Å². The molecule has 0 fully saturated rings. The van der Waals surface area contributed by atoms with Crippen LogP contribution in [0, 0.1) is 5.92 Å². The lowest BCUT2D eigenvalue weighted by molar-refractivity contribution is -0.945. The lowest BCUT2D eigenvalue weighted by atomic mass is 9.89. The molecule has 2 aromatic heterocycles. The largest absolute Gasteiger partial charge is 0.322 e. The number of nitrogens with one attached hydrogen (secondary N) is 2. The van der Waals surface area contributed by atoms with Crippen molar-refractivity contribution in [2.75, 3.05) is 6.54 Å². The maximum atomic E-state index is 12.9. The van der Waals surface area contributed by atoms with Gasteiger partial charge in [0, 0.05) is 16.9 Å². The summed E-state index contributed by atoms with van der Waals surface area (Å²) < 4.78 is 0. The van der Waals surface area contributed by atoms with Crippen molar-refractivity contribution in [1.29, 1.82) is 0 Å². The van der Waals surface area contributed by atoms with Crippen molar-refractivity contribution >= 4 is 21.6 Å². The zero-order chi connectivity index (χ0) is 18.5.